The second-order valence-corrected chi connectivity index (χ2v) is 6.47. The van der Waals surface area contributed by atoms with Crippen LogP contribution in [0.25, 0.3) is 0 Å². The van der Waals surface area contributed by atoms with E-state index in [-0.39, 0.29) is 0 Å². The van der Waals surface area contributed by atoms with Crippen molar-refractivity contribution in [1.29, 1.82) is 0 Å². The number of rotatable bonds is 0. The molecule has 0 nitrogen and oxygen atoms in total. The fourth-order valence-corrected chi connectivity index (χ4v) is 5.08. The van der Waals surface area contributed by atoms with E-state index < -0.39 is 0 Å². The SMILES string of the molecule is C1=CC2C=CC(C=C1)C2=C1SCCCS1. The van der Waals surface area contributed by atoms with Crippen LogP contribution in [0.15, 0.2) is 46.3 Å². The molecule has 2 atom stereocenters. The molecule has 2 heteroatoms. The van der Waals surface area contributed by atoms with E-state index >= 15 is 0 Å². The highest BCUT2D eigenvalue weighted by atomic mass is 32.2. The van der Waals surface area contributed by atoms with Gasteiger partial charge < -0.3 is 0 Å². The summed E-state index contributed by atoms with van der Waals surface area (Å²) >= 11 is 4.12. The fourth-order valence-electron chi connectivity index (χ4n) is 2.24. The highest BCUT2D eigenvalue weighted by Crippen LogP contribution is 2.46. The van der Waals surface area contributed by atoms with Gasteiger partial charge in [-0.25, -0.2) is 0 Å². The summed E-state index contributed by atoms with van der Waals surface area (Å²) in [6.45, 7) is 0. The van der Waals surface area contributed by atoms with Crippen molar-refractivity contribution >= 4 is 23.5 Å². The monoisotopic (exact) mass is 234 g/mol. The third-order valence-electron chi connectivity index (χ3n) is 2.98. The minimum absolute atomic E-state index is 0.568. The quantitative estimate of drug-likeness (QED) is 0.581. The molecule has 1 heterocycles. The summed E-state index contributed by atoms with van der Waals surface area (Å²) in [5, 5.41) is 0. The molecule has 0 amide bonds. The lowest BCUT2D eigenvalue weighted by Gasteiger charge is -2.20. The Labute approximate surface area is 99.6 Å². The zero-order valence-corrected chi connectivity index (χ0v) is 10.2. The molecule has 2 unspecified atom stereocenters. The van der Waals surface area contributed by atoms with Crippen LogP contribution in [0, 0.1) is 11.8 Å². The van der Waals surface area contributed by atoms with E-state index in [1.807, 2.05) is 0 Å². The second kappa shape index (κ2) is 4.26. The average Bonchev–Trinajstić information content (AvgIpc) is 2.53. The summed E-state index contributed by atoms with van der Waals surface area (Å²) in [5.41, 5.74) is 1.63. The molecule has 0 saturated carbocycles. The van der Waals surface area contributed by atoms with Gasteiger partial charge in [0.1, 0.15) is 0 Å². The van der Waals surface area contributed by atoms with Crippen molar-refractivity contribution in [3.8, 4) is 0 Å². The first-order valence-electron chi connectivity index (χ1n) is 5.48. The maximum Gasteiger partial charge on any atom is 0.0411 e. The van der Waals surface area contributed by atoms with Gasteiger partial charge in [-0.2, -0.15) is 0 Å². The molecule has 0 N–H and O–H groups in total. The van der Waals surface area contributed by atoms with Crippen molar-refractivity contribution < 1.29 is 0 Å². The van der Waals surface area contributed by atoms with Crippen molar-refractivity contribution in [1.82, 2.24) is 0 Å². The Hall–Kier alpha value is -0.340. The second-order valence-electron chi connectivity index (χ2n) is 4.00. The van der Waals surface area contributed by atoms with Gasteiger partial charge in [-0.1, -0.05) is 36.5 Å². The summed E-state index contributed by atoms with van der Waals surface area (Å²) in [7, 11) is 0. The first kappa shape index (κ1) is 9.86. The minimum atomic E-state index is 0.568. The third-order valence-corrected chi connectivity index (χ3v) is 5.67. The molecule has 0 aromatic heterocycles. The van der Waals surface area contributed by atoms with Crippen LogP contribution in [0.1, 0.15) is 6.42 Å². The number of hydrogen-bond acceptors (Lipinski definition) is 2. The molecule has 1 saturated heterocycles. The highest BCUT2D eigenvalue weighted by molar-refractivity contribution is 8.22. The number of fused-ring (bicyclic) bond motifs is 2. The molecule has 2 aliphatic carbocycles. The molecule has 78 valence electrons. The lowest BCUT2D eigenvalue weighted by atomic mass is 9.98. The van der Waals surface area contributed by atoms with Gasteiger partial charge in [-0.05, 0) is 23.5 Å². The molecule has 3 rings (SSSR count). The topological polar surface area (TPSA) is 0 Å². The Bertz CT molecular complexity index is 342. The first-order valence-corrected chi connectivity index (χ1v) is 7.45. The average molecular weight is 234 g/mol. The van der Waals surface area contributed by atoms with Crippen LogP contribution in [-0.4, -0.2) is 11.5 Å². The molecule has 2 bridgehead atoms. The van der Waals surface area contributed by atoms with E-state index in [4.69, 9.17) is 0 Å². The van der Waals surface area contributed by atoms with Gasteiger partial charge in [0.05, 0.1) is 0 Å². The molecule has 0 aromatic rings. The number of thioether (sulfide) groups is 2. The van der Waals surface area contributed by atoms with Crippen molar-refractivity contribution in [3.05, 3.63) is 46.3 Å². The smallest absolute Gasteiger partial charge is 0.0411 e. The van der Waals surface area contributed by atoms with Crippen molar-refractivity contribution in [2.75, 3.05) is 11.5 Å². The van der Waals surface area contributed by atoms with E-state index in [2.05, 4.69) is 60.0 Å². The Kier molecular flexibility index (Phi) is 2.80. The zero-order chi connectivity index (χ0) is 10.1. The van der Waals surface area contributed by atoms with E-state index in [9.17, 15) is 0 Å². The Morgan fingerprint density at radius 1 is 0.867 bits per heavy atom. The number of allylic oxidation sites excluding steroid dienone is 7. The van der Waals surface area contributed by atoms with E-state index in [0.717, 1.165) is 0 Å². The van der Waals surface area contributed by atoms with Crippen molar-refractivity contribution in [2.45, 2.75) is 6.42 Å². The van der Waals surface area contributed by atoms with Crippen LogP contribution >= 0.6 is 23.5 Å². The number of hydrogen-bond donors (Lipinski definition) is 0. The third kappa shape index (κ3) is 1.85. The standard InChI is InChI=1S/C13H14S2/c1-2-5-11-7-6-10(4-1)12(11)13-14-8-3-9-15-13/h1-2,4-7,10-11H,3,8-9H2. The molecular formula is C13H14S2. The van der Waals surface area contributed by atoms with Crippen LogP contribution < -0.4 is 0 Å². The molecule has 1 fully saturated rings. The highest BCUT2D eigenvalue weighted by Gasteiger charge is 2.27. The maximum absolute atomic E-state index is 2.35. The van der Waals surface area contributed by atoms with Crippen LogP contribution in [0.4, 0.5) is 0 Å². The zero-order valence-electron chi connectivity index (χ0n) is 8.56. The summed E-state index contributed by atoms with van der Waals surface area (Å²) in [6.07, 6.45) is 15.1. The van der Waals surface area contributed by atoms with Gasteiger partial charge in [-0.15, -0.1) is 23.5 Å². The maximum atomic E-state index is 2.35. The van der Waals surface area contributed by atoms with Crippen molar-refractivity contribution in [2.24, 2.45) is 11.8 Å². The Balaban J connectivity index is 1.98. The van der Waals surface area contributed by atoms with Crippen molar-refractivity contribution in [3.63, 3.8) is 0 Å². The van der Waals surface area contributed by atoms with Crippen LogP contribution in [0.3, 0.4) is 0 Å². The predicted octanol–water partition coefficient (Wildman–Crippen LogP) is 4.00. The molecule has 0 aromatic carbocycles. The predicted molar refractivity (Wildman–Crippen MR) is 71.0 cm³/mol. The van der Waals surface area contributed by atoms with E-state index in [1.54, 1.807) is 9.81 Å². The van der Waals surface area contributed by atoms with Gasteiger partial charge in [0, 0.05) is 16.1 Å². The van der Waals surface area contributed by atoms with Gasteiger partial charge in [0.2, 0.25) is 0 Å². The summed E-state index contributed by atoms with van der Waals surface area (Å²) in [4.78, 5) is 0. The summed E-state index contributed by atoms with van der Waals surface area (Å²) in [5.74, 6) is 3.74. The Morgan fingerprint density at radius 2 is 1.47 bits per heavy atom. The molecule has 1 aliphatic heterocycles. The minimum Gasteiger partial charge on any atom is -0.119 e. The fraction of sp³-hybridized carbons (Fsp3) is 0.385. The van der Waals surface area contributed by atoms with Gasteiger partial charge in [-0.3, -0.25) is 0 Å². The van der Waals surface area contributed by atoms with Crippen LogP contribution in [0.5, 0.6) is 0 Å². The molecular weight excluding hydrogens is 220 g/mol. The lowest BCUT2D eigenvalue weighted by Crippen LogP contribution is -2.04. The normalized spacial score (nSPS) is 33.6. The van der Waals surface area contributed by atoms with Gasteiger partial charge in [0.25, 0.3) is 0 Å². The molecule has 3 aliphatic rings. The summed E-state index contributed by atoms with van der Waals surface area (Å²) < 4.78 is 1.59. The molecule has 15 heavy (non-hydrogen) atoms. The molecule has 0 spiro atoms. The summed E-state index contributed by atoms with van der Waals surface area (Å²) in [6, 6.07) is 0. The van der Waals surface area contributed by atoms with Crippen LogP contribution in [-0.2, 0) is 0 Å². The largest absolute Gasteiger partial charge is 0.119 e. The van der Waals surface area contributed by atoms with E-state index in [0.29, 0.717) is 11.8 Å². The van der Waals surface area contributed by atoms with E-state index in [1.165, 1.54) is 17.9 Å². The first-order chi connectivity index (χ1) is 7.45. The lowest BCUT2D eigenvalue weighted by molar-refractivity contribution is 0.895. The molecule has 0 radical (unpaired) electrons. The van der Waals surface area contributed by atoms with Gasteiger partial charge in [0.15, 0.2) is 0 Å². The Morgan fingerprint density at radius 3 is 2.07 bits per heavy atom. The van der Waals surface area contributed by atoms with Gasteiger partial charge >= 0.3 is 0 Å². The van der Waals surface area contributed by atoms with Crippen LogP contribution in [0.2, 0.25) is 0 Å².